The molecule has 0 atom stereocenters. The van der Waals surface area contributed by atoms with Gasteiger partial charge in [-0.1, -0.05) is 0 Å². The maximum absolute atomic E-state index is 13.4. The van der Waals surface area contributed by atoms with Crippen molar-refractivity contribution in [1.29, 1.82) is 0 Å². The highest BCUT2D eigenvalue weighted by Gasteiger charge is 2.23. The Labute approximate surface area is 135 Å². The first-order valence-corrected chi connectivity index (χ1v) is 8.22. The number of rotatable bonds is 3. The van der Waals surface area contributed by atoms with Crippen molar-refractivity contribution in [3.05, 3.63) is 64.5 Å². The Hall–Kier alpha value is -2.74. The van der Waals surface area contributed by atoms with Crippen LogP contribution in [0.25, 0.3) is 10.9 Å². The number of methoxy groups -OCH3 is 1. The Balaban J connectivity index is 2.22. The minimum Gasteiger partial charge on any atom is -0.497 e. The summed E-state index contributed by atoms with van der Waals surface area (Å²) in [7, 11) is -2.69. The minimum atomic E-state index is -4.12. The second-order valence-electron chi connectivity index (χ2n) is 4.97. The molecule has 0 aliphatic rings. The third kappa shape index (κ3) is 2.54. The van der Waals surface area contributed by atoms with Crippen molar-refractivity contribution in [2.24, 2.45) is 0 Å². The predicted octanol–water partition coefficient (Wildman–Crippen LogP) is 2.65. The van der Waals surface area contributed by atoms with E-state index in [2.05, 4.69) is 4.98 Å². The zero-order valence-corrected chi connectivity index (χ0v) is 13.2. The summed E-state index contributed by atoms with van der Waals surface area (Å²) in [5.74, 6) is -1.91. The first kappa shape index (κ1) is 16.1. The lowest BCUT2D eigenvalue weighted by Gasteiger charge is -2.07. The summed E-state index contributed by atoms with van der Waals surface area (Å²) in [6.45, 7) is 0. The number of ether oxygens (including phenoxy) is 1. The number of aromatic amines is 1. The Morgan fingerprint density at radius 3 is 2.29 bits per heavy atom. The highest BCUT2D eigenvalue weighted by molar-refractivity contribution is 7.91. The van der Waals surface area contributed by atoms with E-state index in [0.717, 1.165) is 12.3 Å². The fourth-order valence-electron chi connectivity index (χ4n) is 2.28. The summed E-state index contributed by atoms with van der Waals surface area (Å²) < 4.78 is 56.8. The molecule has 0 amide bonds. The highest BCUT2D eigenvalue weighted by atomic mass is 32.2. The molecule has 2 aromatic carbocycles. The zero-order valence-electron chi connectivity index (χ0n) is 12.3. The molecule has 5 nitrogen and oxygen atoms in total. The number of fused-ring (bicyclic) bond motifs is 1. The quantitative estimate of drug-likeness (QED) is 0.787. The Morgan fingerprint density at radius 1 is 1.04 bits per heavy atom. The van der Waals surface area contributed by atoms with Crippen molar-refractivity contribution in [3.8, 4) is 5.75 Å². The third-order valence-electron chi connectivity index (χ3n) is 3.55. The molecule has 8 heteroatoms. The summed E-state index contributed by atoms with van der Waals surface area (Å²) in [6.07, 6.45) is 0.974. The molecular weight excluding hydrogens is 340 g/mol. The number of sulfone groups is 1. The van der Waals surface area contributed by atoms with Gasteiger partial charge >= 0.3 is 0 Å². The molecule has 0 aliphatic heterocycles. The number of pyridine rings is 1. The van der Waals surface area contributed by atoms with E-state index in [4.69, 9.17) is 4.74 Å². The fourth-order valence-corrected chi connectivity index (χ4v) is 3.59. The van der Waals surface area contributed by atoms with Crippen molar-refractivity contribution in [2.45, 2.75) is 9.79 Å². The average Bonchev–Trinajstić information content (AvgIpc) is 2.57. The van der Waals surface area contributed by atoms with E-state index >= 15 is 0 Å². The van der Waals surface area contributed by atoms with Crippen molar-refractivity contribution >= 4 is 20.7 Å². The number of hydrogen-bond donors (Lipinski definition) is 1. The van der Waals surface area contributed by atoms with Gasteiger partial charge in [-0.25, -0.2) is 17.2 Å². The highest BCUT2D eigenvalue weighted by Crippen LogP contribution is 2.22. The van der Waals surface area contributed by atoms with E-state index in [9.17, 15) is 22.0 Å². The van der Waals surface area contributed by atoms with Crippen LogP contribution in [0.4, 0.5) is 8.78 Å². The van der Waals surface area contributed by atoms with E-state index in [1.54, 1.807) is 0 Å². The molecule has 0 bridgehead atoms. The Kier molecular flexibility index (Phi) is 3.84. The Bertz CT molecular complexity index is 1090. The molecule has 24 heavy (non-hydrogen) atoms. The number of nitrogens with one attached hydrogen (secondary N) is 1. The molecule has 1 heterocycles. The summed E-state index contributed by atoms with van der Waals surface area (Å²) in [5.41, 5.74) is -0.897. The standard InChI is InChI=1S/C16H11F2NO4S/c1-23-9-2-4-10(5-3-9)24(21,22)15-8-19-14-7-13(18)12(17)6-11(14)16(15)20/h2-8H,1H3,(H,19,20). The monoisotopic (exact) mass is 351 g/mol. The molecule has 124 valence electrons. The van der Waals surface area contributed by atoms with Crippen LogP contribution in [0, 0.1) is 11.6 Å². The van der Waals surface area contributed by atoms with E-state index in [-0.39, 0.29) is 15.8 Å². The maximum Gasteiger partial charge on any atom is 0.211 e. The lowest BCUT2D eigenvalue weighted by Crippen LogP contribution is -2.16. The van der Waals surface area contributed by atoms with Gasteiger partial charge in [-0.05, 0) is 30.3 Å². The van der Waals surface area contributed by atoms with Gasteiger partial charge in [0, 0.05) is 17.6 Å². The fraction of sp³-hybridized carbons (Fsp3) is 0.0625. The third-order valence-corrected chi connectivity index (χ3v) is 5.32. The molecule has 0 saturated carbocycles. The average molecular weight is 351 g/mol. The molecule has 3 aromatic rings. The molecule has 0 radical (unpaired) electrons. The minimum absolute atomic E-state index is 0.00702. The number of H-pyrrole nitrogens is 1. The molecule has 3 rings (SSSR count). The lowest BCUT2D eigenvalue weighted by molar-refractivity contribution is 0.414. The van der Waals surface area contributed by atoms with Crippen LogP contribution in [0.5, 0.6) is 5.75 Å². The van der Waals surface area contributed by atoms with E-state index in [0.29, 0.717) is 11.8 Å². The van der Waals surface area contributed by atoms with Gasteiger partial charge in [0.1, 0.15) is 10.6 Å². The van der Waals surface area contributed by atoms with Crippen LogP contribution in [0.1, 0.15) is 0 Å². The van der Waals surface area contributed by atoms with Gasteiger partial charge < -0.3 is 9.72 Å². The molecule has 0 fully saturated rings. The number of hydrogen-bond acceptors (Lipinski definition) is 4. The number of benzene rings is 2. The van der Waals surface area contributed by atoms with Crippen LogP contribution in [0.2, 0.25) is 0 Å². The van der Waals surface area contributed by atoms with Gasteiger partial charge in [0.2, 0.25) is 15.3 Å². The van der Waals surface area contributed by atoms with Crippen molar-refractivity contribution < 1.29 is 21.9 Å². The normalized spacial score (nSPS) is 11.6. The van der Waals surface area contributed by atoms with Gasteiger partial charge in [0.05, 0.1) is 17.5 Å². The van der Waals surface area contributed by atoms with Gasteiger partial charge in [0.15, 0.2) is 11.6 Å². The molecular formula is C16H11F2NO4S. The first-order chi connectivity index (χ1) is 11.3. The van der Waals surface area contributed by atoms with Crippen LogP contribution in [-0.4, -0.2) is 20.5 Å². The topological polar surface area (TPSA) is 76.2 Å². The maximum atomic E-state index is 13.4. The lowest BCUT2D eigenvalue weighted by atomic mass is 10.2. The van der Waals surface area contributed by atoms with Crippen LogP contribution in [-0.2, 0) is 9.84 Å². The molecule has 0 saturated heterocycles. The molecule has 1 N–H and O–H groups in total. The molecule has 0 aliphatic carbocycles. The molecule has 0 unspecified atom stereocenters. The van der Waals surface area contributed by atoms with E-state index in [1.165, 1.54) is 31.4 Å². The molecule has 1 aromatic heterocycles. The Morgan fingerprint density at radius 2 is 1.67 bits per heavy atom. The van der Waals surface area contributed by atoms with E-state index in [1.807, 2.05) is 0 Å². The smallest absolute Gasteiger partial charge is 0.211 e. The second kappa shape index (κ2) is 5.72. The number of halogens is 2. The van der Waals surface area contributed by atoms with Crippen LogP contribution in [0.3, 0.4) is 0 Å². The predicted molar refractivity (Wildman–Crippen MR) is 82.9 cm³/mol. The molecule has 0 spiro atoms. The van der Waals surface area contributed by atoms with Gasteiger partial charge in [0.25, 0.3) is 0 Å². The van der Waals surface area contributed by atoms with Gasteiger partial charge in [-0.2, -0.15) is 0 Å². The number of aromatic nitrogens is 1. The van der Waals surface area contributed by atoms with Crippen molar-refractivity contribution in [1.82, 2.24) is 4.98 Å². The summed E-state index contributed by atoms with van der Waals surface area (Å²) in [6, 6.07) is 6.95. The summed E-state index contributed by atoms with van der Waals surface area (Å²) >= 11 is 0. The van der Waals surface area contributed by atoms with Crippen molar-refractivity contribution in [2.75, 3.05) is 7.11 Å². The summed E-state index contributed by atoms with van der Waals surface area (Å²) in [5, 5.41) is -0.247. The van der Waals surface area contributed by atoms with Gasteiger partial charge in [-0.3, -0.25) is 4.79 Å². The second-order valence-corrected chi connectivity index (χ2v) is 6.89. The van der Waals surface area contributed by atoms with Crippen molar-refractivity contribution in [3.63, 3.8) is 0 Å². The zero-order chi connectivity index (χ0) is 17.5. The first-order valence-electron chi connectivity index (χ1n) is 6.74. The summed E-state index contributed by atoms with van der Waals surface area (Å²) in [4.78, 5) is 14.3. The van der Waals surface area contributed by atoms with Crippen LogP contribution in [0.15, 0.2) is 57.2 Å². The van der Waals surface area contributed by atoms with Crippen LogP contribution < -0.4 is 10.2 Å². The van der Waals surface area contributed by atoms with Crippen LogP contribution >= 0.6 is 0 Å². The van der Waals surface area contributed by atoms with E-state index < -0.39 is 31.8 Å². The van der Waals surface area contributed by atoms with Gasteiger partial charge in [-0.15, -0.1) is 0 Å². The SMILES string of the molecule is COc1ccc(S(=O)(=O)c2c[nH]c3cc(F)c(F)cc3c2=O)cc1. The largest absolute Gasteiger partial charge is 0.497 e.